The molecule has 0 radical (unpaired) electrons. The number of nitrogens with one attached hydrogen (secondary N) is 1. The van der Waals surface area contributed by atoms with E-state index in [0.29, 0.717) is 12.6 Å². The smallest absolute Gasteiger partial charge is 0.119 e. The average molecular weight is 198 g/mol. The van der Waals surface area contributed by atoms with Crippen molar-refractivity contribution >= 4 is 0 Å². The van der Waals surface area contributed by atoms with Crippen LogP contribution >= 0.6 is 0 Å². The second kappa shape index (κ2) is 8.98. The van der Waals surface area contributed by atoms with Gasteiger partial charge in [0.15, 0.2) is 0 Å². The minimum absolute atomic E-state index is 0.170. The number of unbranched alkanes of at least 4 members (excludes halogenated alkanes) is 2. The molecule has 1 atom stereocenters. The Kier molecular flexibility index (Phi) is 8.61. The van der Waals surface area contributed by atoms with Crippen molar-refractivity contribution in [3.8, 4) is 6.07 Å². The molecular weight excluding hydrogens is 176 g/mol. The highest BCUT2D eigenvalue weighted by Gasteiger charge is 2.07. The van der Waals surface area contributed by atoms with Gasteiger partial charge in [0.1, 0.15) is 6.04 Å². The molecule has 0 spiro atoms. The maximum Gasteiger partial charge on any atom is 0.119 e. The van der Waals surface area contributed by atoms with Crippen LogP contribution in [0.3, 0.4) is 0 Å². The van der Waals surface area contributed by atoms with E-state index in [1.165, 1.54) is 12.8 Å². The Morgan fingerprint density at radius 1 is 1.36 bits per heavy atom. The highest BCUT2D eigenvalue weighted by Crippen LogP contribution is 1.95. The van der Waals surface area contributed by atoms with E-state index in [1.54, 1.807) is 0 Å². The van der Waals surface area contributed by atoms with Crippen LogP contribution in [0, 0.1) is 11.3 Å². The van der Waals surface area contributed by atoms with Crippen LogP contribution < -0.4 is 5.32 Å². The summed E-state index contributed by atoms with van der Waals surface area (Å²) in [7, 11) is 0. The number of hydrogen-bond donors (Lipinski definition) is 1. The molecule has 3 nitrogen and oxygen atoms in total. The fraction of sp³-hybridized carbons (Fsp3) is 0.909. The second-order valence-electron chi connectivity index (χ2n) is 3.79. The molecule has 3 heteroatoms. The molecule has 0 bridgehead atoms. The maximum atomic E-state index is 8.79. The Morgan fingerprint density at radius 2 is 2.07 bits per heavy atom. The fourth-order valence-corrected chi connectivity index (χ4v) is 1.18. The third kappa shape index (κ3) is 8.03. The highest BCUT2D eigenvalue weighted by molar-refractivity contribution is 4.90. The summed E-state index contributed by atoms with van der Waals surface area (Å²) in [4.78, 5) is 0. The summed E-state index contributed by atoms with van der Waals surface area (Å²) in [5, 5.41) is 11.9. The van der Waals surface area contributed by atoms with Gasteiger partial charge in [-0.2, -0.15) is 5.26 Å². The summed E-state index contributed by atoms with van der Waals surface area (Å²) in [6, 6.07) is 2.35. The van der Waals surface area contributed by atoms with Crippen LogP contribution in [0.1, 0.15) is 40.0 Å². The summed E-state index contributed by atoms with van der Waals surface area (Å²) >= 11 is 0. The van der Waals surface area contributed by atoms with E-state index in [9.17, 15) is 0 Å². The summed E-state index contributed by atoms with van der Waals surface area (Å²) in [6.45, 7) is 7.49. The molecule has 0 heterocycles. The van der Waals surface area contributed by atoms with Gasteiger partial charge in [0.25, 0.3) is 0 Å². The Hall–Kier alpha value is -0.590. The summed E-state index contributed by atoms with van der Waals surface area (Å²) in [6.07, 6.45) is 3.50. The number of nitrogens with zero attached hydrogens (tertiary/aromatic N) is 1. The van der Waals surface area contributed by atoms with E-state index < -0.39 is 0 Å². The van der Waals surface area contributed by atoms with Crippen LogP contribution in [-0.4, -0.2) is 25.3 Å². The third-order valence-electron chi connectivity index (χ3n) is 1.87. The van der Waals surface area contributed by atoms with Gasteiger partial charge in [-0.1, -0.05) is 19.8 Å². The summed E-state index contributed by atoms with van der Waals surface area (Å²) < 4.78 is 5.40. The van der Waals surface area contributed by atoms with Crippen LogP contribution in [0.25, 0.3) is 0 Å². The van der Waals surface area contributed by atoms with Crippen molar-refractivity contribution in [1.82, 2.24) is 5.32 Å². The molecule has 0 aromatic carbocycles. The van der Waals surface area contributed by atoms with E-state index in [0.717, 1.165) is 13.0 Å². The Balaban J connectivity index is 3.40. The summed E-state index contributed by atoms with van der Waals surface area (Å²) in [5.41, 5.74) is 0. The Morgan fingerprint density at radius 3 is 2.57 bits per heavy atom. The molecule has 0 aliphatic rings. The van der Waals surface area contributed by atoms with Gasteiger partial charge < -0.3 is 4.74 Å². The SMILES string of the molecule is CCCCCOCC(C#N)NC(C)C. The molecule has 0 aromatic heterocycles. The molecule has 1 N–H and O–H groups in total. The average Bonchev–Trinajstić information content (AvgIpc) is 2.15. The van der Waals surface area contributed by atoms with Crippen molar-refractivity contribution < 1.29 is 4.74 Å². The first-order valence-electron chi connectivity index (χ1n) is 5.44. The first kappa shape index (κ1) is 13.4. The molecule has 0 fully saturated rings. The summed E-state index contributed by atoms with van der Waals surface area (Å²) in [5.74, 6) is 0. The normalized spacial score (nSPS) is 12.8. The molecule has 0 aliphatic carbocycles. The third-order valence-corrected chi connectivity index (χ3v) is 1.87. The predicted octanol–water partition coefficient (Wildman–Crippen LogP) is 2.08. The fourth-order valence-electron chi connectivity index (χ4n) is 1.18. The molecule has 14 heavy (non-hydrogen) atoms. The first-order chi connectivity index (χ1) is 6.70. The van der Waals surface area contributed by atoms with E-state index in [2.05, 4.69) is 18.3 Å². The zero-order valence-electron chi connectivity index (χ0n) is 9.55. The van der Waals surface area contributed by atoms with E-state index in [1.807, 2.05) is 13.8 Å². The van der Waals surface area contributed by atoms with Crippen molar-refractivity contribution in [1.29, 1.82) is 5.26 Å². The molecule has 1 unspecified atom stereocenters. The van der Waals surface area contributed by atoms with Gasteiger partial charge in [-0.3, -0.25) is 5.32 Å². The largest absolute Gasteiger partial charge is 0.379 e. The van der Waals surface area contributed by atoms with Gasteiger partial charge in [-0.15, -0.1) is 0 Å². The monoisotopic (exact) mass is 198 g/mol. The standard InChI is InChI=1S/C11H22N2O/c1-4-5-6-7-14-9-11(8-12)13-10(2)3/h10-11,13H,4-7,9H2,1-3H3. The van der Waals surface area contributed by atoms with E-state index >= 15 is 0 Å². The Labute approximate surface area is 87.4 Å². The van der Waals surface area contributed by atoms with E-state index in [4.69, 9.17) is 10.00 Å². The minimum atomic E-state index is -0.170. The molecule has 0 saturated carbocycles. The van der Waals surface area contributed by atoms with Gasteiger partial charge in [-0.25, -0.2) is 0 Å². The number of rotatable bonds is 8. The van der Waals surface area contributed by atoms with Crippen molar-refractivity contribution in [3.63, 3.8) is 0 Å². The number of hydrogen-bond acceptors (Lipinski definition) is 3. The van der Waals surface area contributed by atoms with Crippen LogP contribution in [-0.2, 0) is 4.74 Å². The Bertz CT molecular complexity index is 163. The lowest BCUT2D eigenvalue weighted by Crippen LogP contribution is -2.37. The molecule has 0 amide bonds. The van der Waals surface area contributed by atoms with Crippen molar-refractivity contribution in [2.75, 3.05) is 13.2 Å². The van der Waals surface area contributed by atoms with Crippen LogP contribution in [0.5, 0.6) is 0 Å². The van der Waals surface area contributed by atoms with Crippen molar-refractivity contribution in [2.45, 2.75) is 52.1 Å². The number of nitriles is 1. The topological polar surface area (TPSA) is 45.0 Å². The van der Waals surface area contributed by atoms with Crippen LogP contribution in [0.2, 0.25) is 0 Å². The zero-order valence-corrected chi connectivity index (χ0v) is 9.55. The maximum absolute atomic E-state index is 8.79. The molecule has 0 saturated heterocycles. The predicted molar refractivity (Wildman–Crippen MR) is 58.0 cm³/mol. The lowest BCUT2D eigenvalue weighted by atomic mass is 10.2. The van der Waals surface area contributed by atoms with Gasteiger partial charge >= 0.3 is 0 Å². The van der Waals surface area contributed by atoms with Crippen molar-refractivity contribution in [3.05, 3.63) is 0 Å². The first-order valence-corrected chi connectivity index (χ1v) is 5.44. The quantitative estimate of drug-likeness (QED) is 0.607. The second-order valence-corrected chi connectivity index (χ2v) is 3.79. The highest BCUT2D eigenvalue weighted by atomic mass is 16.5. The van der Waals surface area contributed by atoms with Crippen LogP contribution in [0.4, 0.5) is 0 Å². The van der Waals surface area contributed by atoms with Gasteiger partial charge in [0.05, 0.1) is 12.7 Å². The lowest BCUT2D eigenvalue weighted by molar-refractivity contribution is 0.117. The van der Waals surface area contributed by atoms with Gasteiger partial charge in [-0.05, 0) is 20.3 Å². The molecular formula is C11H22N2O. The molecule has 0 aromatic rings. The van der Waals surface area contributed by atoms with Crippen LogP contribution in [0.15, 0.2) is 0 Å². The van der Waals surface area contributed by atoms with E-state index in [-0.39, 0.29) is 6.04 Å². The van der Waals surface area contributed by atoms with Gasteiger partial charge in [0, 0.05) is 12.6 Å². The molecule has 82 valence electrons. The van der Waals surface area contributed by atoms with Gasteiger partial charge in [0.2, 0.25) is 0 Å². The molecule has 0 aliphatic heterocycles. The van der Waals surface area contributed by atoms with Crippen molar-refractivity contribution in [2.24, 2.45) is 0 Å². The molecule has 0 rings (SSSR count). The number of ether oxygens (including phenoxy) is 1. The minimum Gasteiger partial charge on any atom is -0.379 e. The lowest BCUT2D eigenvalue weighted by Gasteiger charge is -2.14. The zero-order chi connectivity index (χ0) is 10.8.